The standard InChI is InChI=1S/C39H46N12O4/c1-5-50-33-27(24(4)47-50)13-10-22(2)9-8-18-51-32(19-23(3)46-51)36(54)44-38-42-28-20-25(34(40)52)11-14-30(28)48(38)16-6-7-17-49-31-15-12-26(35(41)53)21-29(31)43-39(49)45-37(33)55/h11-12,14-15,19-22H,5-10,13,16-18H2,1-4H3,(H2,40,52)(H2,41,53)(H,42,44,54)(H,43,45,55). The topological polar surface area (TPSA) is 216 Å². The molecule has 1 aliphatic rings. The first kappa shape index (κ1) is 37.0. The molecule has 55 heavy (non-hydrogen) atoms. The number of imidazole rings is 2. The number of aromatic nitrogens is 8. The maximum atomic E-state index is 14.2. The fourth-order valence-electron chi connectivity index (χ4n) is 7.50. The number of amides is 4. The zero-order valence-electron chi connectivity index (χ0n) is 31.6. The van der Waals surface area contributed by atoms with Crippen LogP contribution in [0.1, 0.15) is 105 Å². The first-order chi connectivity index (χ1) is 26.4. The van der Waals surface area contributed by atoms with Gasteiger partial charge < -0.3 is 20.6 Å². The van der Waals surface area contributed by atoms with E-state index in [9.17, 15) is 19.2 Å². The summed E-state index contributed by atoms with van der Waals surface area (Å²) in [5.74, 6) is -0.786. The highest BCUT2D eigenvalue weighted by atomic mass is 16.2. The van der Waals surface area contributed by atoms with Gasteiger partial charge in [-0.15, -0.1) is 0 Å². The van der Waals surface area contributed by atoms with E-state index in [1.807, 2.05) is 29.9 Å². The van der Waals surface area contributed by atoms with Crippen LogP contribution < -0.4 is 22.1 Å². The molecule has 1 unspecified atom stereocenters. The van der Waals surface area contributed by atoms with E-state index >= 15 is 0 Å². The minimum absolute atomic E-state index is 0.305. The van der Waals surface area contributed by atoms with E-state index in [0.717, 1.165) is 47.2 Å². The second-order valence-corrected chi connectivity index (χ2v) is 14.3. The molecule has 6 aromatic rings. The lowest BCUT2D eigenvalue weighted by Crippen LogP contribution is -2.22. The molecule has 0 radical (unpaired) electrons. The van der Waals surface area contributed by atoms with Gasteiger partial charge in [0.1, 0.15) is 11.4 Å². The van der Waals surface area contributed by atoms with Gasteiger partial charge >= 0.3 is 0 Å². The first-order valence-corrected chi connectivity index (χ1v) is 18.7. The van der Waals surface area contributed by atoms with Gasteiger partial charge in [-0.25, -0.2) is 9.97 Å². The summed E-state index contributed by atoms with van der Waals surface area (Å²) in [5, 5.41) is 15.5. The highest BCUT2D eigenvalue weighted by Gasteiger charge is 2.25. The van der Waals surface area contributed by atoms with Crippen LogP contribution in [0, 0.1) is 19.8 Å². The Morgan fingerprint density at radius 1 is 0.782 bits per heavy atom. The predicted octanol–water partition coefficient (Wildman–Crippen LogP) is 4.96. The number of anilines is 2. The van der Waals surface area contributed by atoms with E-state index in [4.69, 9.17) is 26.5 Å². The number of primary amides is 2. The predicted molar refractivity (Wildman–Crippen MR) is 208 cm³/mol. The van der Waals surface area contributed by atoms with Crippen molar-refractivity contribution < 1.29 is 19.2 Å². The third kappa shape index (κ3) is 7.43. The lowest BCUT2D eigenvalue weighted by molar-refractivity contribution is 0.0992. The maximum Gasteiger partial charge on any atom is 0.276 e. The van der Waals surface area contributed by atoms with Gasteiger partial charge in [0.2, 0.25) is 23.7 Å². The van der Waals surface area contributed by atoms with Crippen molar-refractivity contribution in [1.82, 2.24) is 38.7 Å². The molecule has 0 saturated carbocycles. The van der Waals surface area contributed by atoms with E-state index in [1.165, 1.54) is 0 Å². The summed E-state index contributed by atoms with van der Waals surface area (Å²) in [5.41, 5.74) is 17.7. The smallest absolute Gasteiger partial charge is 0.276 e. The highest BCUT2D eigenvalue weighted by Crippen LogP contribution is 2.27. The third-order valence-corrected chi connectivity index (χ3v) is 10.4. The van der Waals surface area contributed by atoms with Crippen molar-refractivity contribution in [3.8, 4) is 0 Å². The Morgan fingerprint density at radius 3 is 1.93 bits per heavy atom. The Balaban J connectivity index is 1.28. The monoisotopic (exact) mass is 746 g/mol. The molecule has 16 nitrogen and oxygen atoms in total. The molecule has 286 valence electrons. The van der Waals surface area contributed by atoms with E-state index in [2.05, 4.69) is 22.7 Å². The van der Waals surface area contributed by atoms with Crippen molar-refractivity contribution in [3.05, 3.63) is 81.9 Å². The lowest BCUT2D eigenvalue weighted by Gasteiger charge is -2.15. The molecule has 0 spiro atoms. The third-order valence-electron chi connectivity index (χ3n) is 10.4. The van der Waals surface area contributed by atoms with E-state index < -0.39 is 11.8 Å². The van der Waals surface area contributed by atoms with Gasteiger partial charge in [-0.2, -0.15) is 10.2 Å². The number of rotatable bonds is 3. The van der Waals surface area contributed by atoms with Crippen molar-refractivity contribution >= 4 is 57.6 Å². The molecule has 1 atom stereocenters. The van der Waals surface area contributed by atoms with Gasteiger partial charge in [-0.3, -0.25) is 39.2 Å². The van der Waals surface area contributed by atoms with Gasteiger partial charge in [-0.05, 0) is 108 Å². The van der Waals surface area contributed by atoms with Gasteiger partial charge in [0, 0.05) is 42.9 Å². The van der Waals surface area contributed by atoms with Crippen LogP contribution in [-0.4, -0.2) is 62.3 Å². The average molecular weight is 747 g/mol. The number of carbonyl (C=O) groups is 4. The molecule has 16 heteroatoms. The Kier molecular flexibility index (Phi) is 10.2. The zero-order chi connectivity index (χ0) is 39.0. The van der Waals surface area contributed by atoms with Crippen LogP contribution in [0.25, 0.3) is 22.1 Å². The number of carbonyl (C=O) groups excluding carboxylic acids is 4. The van der Waals surface area contributed by atoms with E-state index in [1.54, 1.807) is 51.8 Å². The second kappa shape index (κ2) is 15.2. The van der Waals surface area contributed by atoms with Crippen molar-refractivity contribution in [1.29, 1.82) is 0 Å². The van der Waals surface area contributed by atoms with E-state index in [0.29, 0.717) is 96.8 Å². The van der Waals surface area contributed by atoms with Crippen LogP contribution in [0.15, 0.2) is 42.5 Å². The van der Waals surface area contributed by atoms with Crippen LogP contribution >= 0.6 is 0 Å². The lowest BCUT2D eigenvalue weighted by atomic mass is 9.95. The second-order valence-electron chi connectivity index (χ2n) is 14.3. The summed E-state index contributed by atoms with van der Waals surface area (Å²) in [6.07, 6.45) is 4.47. The molecule has 2 aromatic carbocycles. The number of nitrogens with two attached hydrogens (primary N) is 2. The maximum absolute atomic E-state index is 14.2. The number of nitrogens with one attached hydrogen (secondary N) is 2. The SMILES string of the molecule is CCn1nc(C)c2c1C(=O)Nc1nc3cc(C(N)=O)ccc3n1CCCCn1c(nc3cc(C(N)=O)ccc31)NC(=O)c1cc(C)nn1CCCC(C)CC2. The Labute approximate surface area is 317 Å². The summed E-state index contributed by atoms with van der Waals surface area (Å²) in [4.78, 5) is 61.6. The largest absolute Gasteiger partial charge is 0.366 e. The Bertz CT molecular complexity index is 2470. The molecule has 0 aliphatic carbocycles. The van der Waals surface area contributed by atoms with Crippen LogP contribution in [0.5, 0.6) is 0 Å². The molecule has 1 aliphatic heterocycles. The molecular formula is C39H46N12O4. The molecule has 0 fully saturated rings. The molecule has 5 heterocycles. The van der Waals surface area contributed by atoms with Crippen LogP contribution in [0.3, 0.4) is 0 Å². The highest BCUT2D eigenvalue weighted by molar-refractivity contribution is 6.05. The summed E-state index contributed by atoms with van der Waals surface area (Å²) in [6.45, 7) is 9.96. The normalized spacial score (nSPS) is 16.3. The van der Waals surface area contributed by atoms with Crippen molar-refractivity contribution in [2.45, 2.75) is 92.4 Å². The van der Waals surface area contributed by atoms with Crippen molar-refractivity contribution in [2.24, 2.45) is 17.4 Å². The van der Waals surface area contributed by atoms with Gasteiger partial charge in [-0.1, -0.05) is 6.92 Å². The molecule has 4 aromatic heterocycles. The quantitative estimate of drug-likeness (QED) is 0.194. The van der Waals surface area contributed by atoms with Crippen LogP contribution in [0.2, 0.25) is 0 Å². The van der Waals surface area contributed by atoms with E-state index in [-0.39, 0.29) is 11.8 Å². The molecular weight excluding hydrogens is 701 g/mol. The summed E-state index contributed by atoms with van der Waals surface area (Å²) in [6, 6.07) is 11.9. The summed E-state index contributed by atoms with van der Waals surface area (Å²) in [7, 11) is 0. The fraction of sp³-hybridized carbons (Fsp3) is 0.385. The fourth-order valence-corrected chi connectivity index (χ4v) is 7.50. The van der Waals surface area contributed by atoms with Gasteiger partial charge in [0.25, 0.3) is 11.8 Å². The van der Waals surface area contributed by atoms with Crippen molar-refractivity contribution in [2.75, 3.05) is 10.6 Å². The number of hydrogen-bond acceptors (Lipinski definition) is 8. The summed E-state index contributed by atoms with van der Waals surface area (Å²) >= 11 is 0. The van der Waals surface area contributed by atoms with Gasteiger partial charge in [0.15, 0.2) is 0 Å². The number of fused-ring (bicyclic) bond motifs is 8. The minimum atomic E-state index is -0.574. The van der Waals surface area contributed by atoms with Crippen LogP contribution in [-0.2, 0) is 32.6 Å². The van der Waals surface area contributed by atoms with Gasteiger partial charge in [0.05, 0.1) is 33.5 Å². The zero-order valence-corrected chi connectivity index (χ0v) is 31.6. The van der Waals surface area contributed by atoms with Crippen molar-refractivity contribution in [3.63, 3.8) is 0 Å². The Hall–Kier alpha value is -6.32. The average Bonchev–Trinajstić information content (AvgIpc) is 3.89. The molecule has 7 rings (SSSR count). The Morgan fingerprint density at radius 2 is 1.36 bits per heavy atom. The number of aryl methyl sites for hydroxylation is 6. The molecule has 6 N–H and O–H groups in total. The number of benzene rings is 2. The molecule has 4 amide bonds. The summed E-state index contributed by atoms with van der Waals surface area (Å²) < 4.78 is 7.34. The minimum Gasteiger partial charge on any atom is -0.366 e. The number of nitrogens with zero attached hydrogens (tertiary/aromatic N) is 8. The molecule has 0 saturated heterocycles. The first-order valence-electron chi connectivity index (χ1n) is 18.7. The number of hydrogen-bond donors (Lipinski definition) is 4. The van der Waals surface area contributed by atoms with Crippen LogP contribution in [0.4, 0.5) is 11.9 Å². The molecule has 0 bridgehead atoms.